The summed E-state index contributed by atoms with van der Waals surface area (Å²) in [5, 5.41) is 6.01. The number of hydrogen-bond acceptors (Lipinski definition) is 1. The summed E-state index contributed by atoms with van der Waals surface area (Å²) in [6.45, 7) is 0. The van der Waals surface area contributed by atoms with E-state index in [1.807, 2.05) is 0 Å². The maximum atomic E-state index is 12.3. The molecule has 0 unspecified atom stereocenters. The fraction of sp³-hybridized carbons (Fsp3) is 0.833. The van der Waals surface area contributed by atoms with Crippen molar-refractivity contribution in [1.82, 2.24) is 0 Å². The van der Waals surface area contributed by atoms with Crippen LogP contribution in [-0.4, -0.2) is 24.0 Å². The summed E-state index contributed by atoms with van der Waals surface area (Å²) in [5.74, 6) is -13.5. The zero-order valence-electron chi connectivity index (χ0n) is 6.94. The van der Waals surface area contributed by atoms with Gasteiger partial charge in [-0.3, -0.25) is 5.41 Å². The molecule has 0 rings (SSSR count). The Kier molecular flexibility index (Phi) is 3.70. The van der Waals surface area contributed by atoms with Gasteiger partial charge in [0.1, 0.15) is 0 Å². The van der Waals surface area contributed by atoms with Crippen molar-refractivity contribution >= 4 is 5.97 Å². The Morgan fingerprint density at radius 3 is 1.60 bits per heavy atom. The Labute approximate surface area is 78.6 Å². The predicted octanol–water partition coefficient (Wildman–Crippen LogP) is 3.55. The second-order valence-corrected chi connectivity index (χ2v) is 2.68. The lowest BCUT2D eigenvalue weighted by Crippen LogP contribution is -2.51. The van der Waals surface area contributed by atoms with Gasteiger partial charge in [0.25, 0.3) is 0 Å². The molecule has 90 valence electrons. The number of alkyl halides is 7. The van der Waals surface area contributed by atoms with Gasteiger partial charge in [-0.1, -0.05) is 0 Å². The van der Waals surface area contributed by atoms with Gasteiger partial charge in [-0.15, -0.1) is 0 Å². The van der Waals surface area contributed by atoms with Crippen molar-refractivity contribution in [2.45, 2.75) is 30.9 Å². The van der Waals surface area contributed by atoms with Crippen molar-refractivity contribution in [3.8, 4) is 0 Å². The molecule has 0 atom stereocenters. The zero-order valence-corrected chi connectivity index (χ0v) is 6.94. The van der Waals surface area contributed by atoms with Gasteiger partial charge in [-0.05, 0) is 0 Å². The van der Waals surface area contributed by atoms with Gasteiger partial charge < -0.3 is 0 Å². The van der Waals surface area contributed by atoms with Crippen LogP contribution in [0.15, 0.2) is 0 Å². The van der Waals surface area contributed by atoms with Crippen LogP contribution in [0.2, 0.25) is 0 Å². The molecule has 0 saturated heterocycles. The van der Waals surface area contributed by atoms with Gasteiger partial charge in [-0.25, -0.2) is 0 Å². The van der Waals surface area contributed by atoms with Crippen LogP contribution in [0.4, 0.5) is 35.1 Å². The van der Waals surface area contributed by atoms with E-state index in [0.717, 1.165) is 0 Å². The van der Waals surface area contributed by atoms with E-state index in [1.165, 1.54) is 0 Å². The number of halogens is 8. The third-order valence-electron chi connectivity index (χ3n) is 1.47. The predicted molar refractivity (Wildman–Crippen MR) is 34.0 cm³/mol. The molecule has 0 bridgehead atoms. The standard InChI is InChI=1S/C6H5F8N/c7-3(15)1-2-4(8,9)5(10,11)6(12,13)14/h15H,1-2H2. The smallest absolute Gasteiger partial charge is 0.278 e. The molecule has 15 heavy (non-hydrogen) atoms. The summed E-state index contributed by atoms with van der Waals surface area (Å²) in [6, 6.07) is 0. The van der Waals surface area contributed by atoms with Crippen LogP contribution in [0.25, 0.3) is 0 Å². The van der Waals surface area contributed by atoms with Crippen LogP contribution in [0, 0.1) is 5.41 Å². The first-order valence-corrected chi connectivity index (χ1v) is 3.47. The highest BCUT2D eigenvalue weighted by atomic mass is 19.4. The Balaban J connectivity index is 4.77. The van der Waals surface area contributed by atoms with Crippen LogP contribution in [0.3, 0.4) is 0 Å². The van der Waals surface area contributed by atoms with Crippen molar-refractivity contribution in [1.29, 1.82) is 5.41 Å². The summed E-state index contributed by atoms with van der Waals surface area (Å²) in [4.78, 5) is 0. The Hall–Kier alpha value is -0.890. The van der Waals surface area contributed by atoms with Gasteiger partial charge in [0.2, 0.25) is 0 Å². The van der Waals surface area contributed by atoms with E-state index in [4.69, 9.17) is 5.41 Å². The SMILES string of the molecule is N=C(F)CCC(F)(F)C(F)(F)C(F)(F)F. The van der Waals surface area contributed by atoms with Crippen molar-refractivity contribution in [2.75, 3.05) is 0 Å². The lowest BCUT2D eigenvalue weighted by Gasteiger charge is -2.27. The topological polar surface area (TPSA) is 23.9 Å². The molecular formula is C6H5F8N. The fourth-order valence-electron chi connectivity index (χ4n) is 0.631. The summed E-state index contributed by atoms with van der Waals surface area (Å²) in [6.07, 6.45) is -9.96. The van der Waals surface area contributed by atoms with Crippen molar-refractivity contribution < 1.29 is 35.1 Å². The van der Waals surface area contributed by atoms with Crippen molar-refractivity contribution in [3.05, 3.63) is 0 Å². The second kappa shape index (κ2) is 3.93. The van der Waals surface area contributed by atoms with Gasteiger partial charge in [0.05, 0.1) is 0 Å². The molecule has 0 aliphatic carbocycles. The molecule has 0 aliphatic heterocycles. The minimum atomic E-state index is -6.41. The van der Waals surface area contributed by atoms with Gasteiger partial charge in [0.15, 0.2) is 5.97 Å². The summed E-state index contributed by atoms with van der Waals surface area (Å²) >= 11 is 0. The van der Waals surface area contributed by atoms with E-state index < -0.39 is 36.8 Å². The minimum Gasteiger partial charge on any atom is -0.278 e. The lowest BCUT2D eigenvalue weighted by atomic mass is 10.1. The molecule has 0 spiro atoms. The van der Waals surface area contributed by atoms with Gasteiger partial charge in [0, 0.05) is 12.8 Å². The zero-order chi connectivity index (χ0) is 12.5. The first kappa shape index (κ1) is 14.1. The van der Waals surface area contributed by atoms with E-state index in [-0.39, 0.29) is 0 Å². The van der Waals surface area contributed by atoms with Gasteiger partial charge in [-0.2, -0.15) is 35.1 Å². The van der Waals surface area contributed by atoms with E-state index in [2.05, 4.69) is 0 Å². The maximum Gasteiger partial charge on any atom is 0.459 e. The number of hydrogen-bond donors (Lipinski definition) is 1. The van der Waals surface area contributed by atoms with Crippen LogP contribution < -0.4 is 0 Å². The van der Waals surface area contributed by atoms with E-state index in [0.29, 0.717) is 0 Å². The highest BCUT2D eigenvalue weighted by Crippen LogP contribution is 2.48. The average Bonchev–Trinajstić information content (AvgIpc) is 1.98. The molecule has 0 heterocycles. The molecule has 0 saturated carbocycles. The molecule has 0 aromatic heterocycles. The molecule has 0 amide bonds. The number of rotatable bonds is 4. The molecule has 1 N–H and O–H groups in total. The molecule has 0 aliphatic rings. The van der Waals surface area contributed by atoms with Gasteiger partial charge >= 0.3 is 18.0 Å². The third kappa shape index (κ3) is 3.03. The van der Waals surface area contributed by atoms with Crippen molar-refractivity contribution in [3.63, 3.8) is 0 Å². The van der Waals surface area contributed by atoms with Crippen molar-refractivity contribution in [2.24, 2.45) is 0 Å². The average molecular weight is 243 g/mol. The first-order valence-electron chi connectivity index (χ1n) is 3.47. The molecule has 0 aromatic carbocycles. The normalized spacial score (nSPS) is 14.1. The highest BCUT2D eigenvalue weighted by molar-refractivity contribution is 5.71. The maximum absolute atomic E-state index is 12.3. The van der Waals surface area contributed by atoms with E-state index in [1.54, 1.807) is 0 Å². The molecular weight excluding hydrogens is 238 g/mol. The fourth-order valence-corrected chi connectivity index (χ4v) is 0.631. The van der Waals surface area contributed by atoms with Crippen LogP contribution in [0.1, 0.15) is 12.8 Å². The lowest BCUT2D eigenvalue weighted by molar-refractivity contribution is -0.355. The summed E-state index contributed by atoms with van der Waals surface area (Å²) in [5.41, 5.74) is 0. The number of nitrogens with one attached hydrogen (secondary N) is 1. The molecule has 0 fully saturated rings. The molecule has 9 heteroatoms. The largest absolute Gasteiger partial charge is 0.459 e. The third-order valence-corrected chi connectivity index (χ3v) is 1.47. The Morgan fingerprint density at radius 1 is 0.933 bits per heavy atom. The highest BCUT2D eigenvalue weighted by Gasteiger charge is 2.72. The van der Waals surface area contributed by atoms with E-state index in [9.17, 15) is 35.1 Å². The molecule has 0 aromatic rings. The second-order valence-electron chi connectivity index (χ2n) is 2.68. The van der Waals surface area contributed by atoms with Crippen LogP contribution >= 0.6 is 0 Å². The molecule has 0 radical (unpaired) electrons. The molecule has 1 nitrogen and oxygen atoms in total. The first-order chi connectivity index (χ1) is 6.42. The monoisotopic (exact) mass is 243 g/mol. The van der Waals surface area contributed by atoms with E-state index >= 15 is 0 Å². The van der Waals surface area contributed by atoms with Crippen LogP contribution in [-0.2, 0) is 0 Å². The Morgan fingerprint density at radius 2 is 1.33 bits per heavy atom. The summed E-state index contributed by atoms with van der Waals surface area (Å²) in [7, 11) is 0. The Bertz CT molecular complexity index is 242. The minimum absolute atomic E-state index is 1.47. The van der Waals surface area contributed by atoms with Crippen LogP contribution in [0.5, 0.6) is 0 Å². The quantitative estimate of drug-likeness (QED) is 0.576. The summed E-state index contributed by atoms with van der Waals surface area (Å²) < 4.78 is 94.9.